The smallest absolute Gasteiger partial charge is 0.243 e. The van der Waals surface area contributed by atoms with Crippen molar-refractivity contribution in [3.8, 4) is 0 Å². The van der Waals surface area contributed by atoms with Crippen molar-refractivity contribution >= 4 is 85.4 Å². The van der Waals surface area contributed by atoms with Crippen LogP contribution in [-0.4, -0.2) is 35.2 Å². The molecule has 0 aromatic heterocycles. The lowest BCUT2D eigenvalue weighted by Gasteiger charge is -2.49. The van der Waals surface area contributed by atoms with Crippen LogP contribution in [0, 0.1) is 6.92 Å². The second kappa shape index (κ2) is 7.82. The molecular weight excluding hydrogens is 503 g/mol. The Morgan fingerprint density at radius 3 is 2.07 bits per heavy atom. The molecule has 1 aliphatic rings. The van der Waals surface area contributed by atoms with Gasteiger partial charge in [0.1, 0.15) is 5.03 Å². The summed E-state index contributed by atoms with van der Waals surface area (Å²) in [6.07, 6.45) is 0. The second-order valence-corrected chi connectivity index (χ2v) is 10.7. The Labute approximate surface area is 186 Å². The molecule has 1 unspecified atom stereocenters. The van der Waals surface area contributed by atoms with E-state index < -0.39 is 40.3 Å². The highest BCUT2D eigenvalue weighted by Gasteiger charge is 2.72. The van der Waals surface area contributed by atoms with Crippen molar-refractivity contribution in [1.82, 2.24) is 4.72 Å². The van der Waals surface area contributed by atoms with Crippen LogP contribution < -0.4 is 4.72 Å². The van der Waals surface area contributed by atoms with Gasteiger partial charge in [-0.25, -0.2) is 8.42 Å². The third-order valence-corrected chi connectivity index (χ3v) is 8.55. The SMILES string of the molecule is CCOC1(NS(=O)(=O)c2ccc(C)cc2)C(Cl)=C(Cl)C(=O)C(Cl)(Cl)C1(Cl)Cl. The number of benzene rings is 1. The summed E-state index contributed by atoms with van der Waals surface area (Å²) in [5.74, 6) is -1.09. The third-order valence-electron chi connectivity index (χ3n) is 3.79. The molecule has 1 aromatic rings. The summed E-state index contributed by atoms with van der Waals surface area (Å²) < 4.78 is 28.4. The number of hydrogen-bond acceptors (Lipinski definition) is 4. The molecule has 0 radical (unpaired) electrons. The average Bonchev–Trinajstić information content (AvgIpc) is 2.58. The maximum atomic E-state index is 12.9. The molecule has 0 fully saturated rings. The summed E-state index contributed by atoms with van der Waals surface area (Å²) in [6, 6.07) is 5.87. The first kappa shape index (κ1) is 23.5. The first-order valence-electron chi connectivity index (χ1n) is 7.35. The van der Waals surface area contributed by atoms with Gasteiger partial charge in [0.2, 0.25) is 30.2 Å². The van der Waals surface area contributed by atoms with Gasteiger partial charge >= 0.3 is 0 Å². The zero-order valence-electron chi connectivity index (χ0n) is 13.8. The van der Waals surface area contributed by atoms with E-state index in [1.54, 1.807) is 19.1 Å². The van der Waals surface area contributed by atoms with E-state index >= 15 is 0 Å². The Kier molecular flexibility index (Phi) is 6.81. The molecule has 0 spiro atoms. The van der Waals surface area contributed by atoms with Gasteiger partial charge in [-0.1, -0.05) is 87.3 Å². The molecule has 1 N–H and O–H groups in total. The number of ether oxygens (including phenoxy) is 1. The predicted molar refractivity (Wildman–Crippen MR) is 108 cm³/mol. The number of carbonyl (C=O) groups excluding carboxylic acids is 1. The van der Waals surface area contributed by atoms with Gasteiger partial charge in [0, 0.05) is 6.61 Å². The molecule has 0 bridgehead atoms. The highest BCUT2D eigenvalue weighted by Crippen LogP contribution is 2.59. The van der Waals surface area contributed by atoms with E-state index in [2.05, 4.69) is 4.72 Å². The minimum absolute atomic E-state index is 0.129. The number of aryl methyl sites for hydroxylation is 1. The summed E-state index contributed by atoms with van der Waals surface area (Å²) in [6.45, 7) is 3.18. The van der Waals surface area contributed by atoms with Crippen molar-refractivity contribution in [2.45, 2.75) is 33.1 Å². The number of Topliss-reactive ketones (excluding diaryl/α,β-unsaturated/α-hetero) is 1. The first-order valence-corrected chi connectivity index (χ1v) is 11.1. The van der Waals surface area contributed by atoms with Crippen molar-refractivity contribution < 1.29 is 17.9 Å². The highest BCUT2D eigenvalue weighted by molar-refractivity contribution is 7.89. The van der Waals surface area contributed by atoms with Crippen molar-refractivity contribution in [3.05, 3.63) is 39.9 Å². The number of sulfonamides is 1. The summed E-state index contributed by atoms with van der Waals surface area (Å²) in [4.78, 5) is 12.2. The zero-order chi connectivity index (χ0) is 20.8. The maximum Gasteiger partial charge on any atom is 0.243 e. The maximum absolute atomic E-state index is 12.9. The lowest BCUT2D eigenvalue weighted by Crippen LogP contribution is -2.71. The fourth-order valence-electron chi connectivity index (χ4n) is 2.37. The molecule has 5 nitrogen and oxygen atoms in total. The van der Waals surface area contributed by atoms with Crippen molar-refractivity contribution in [2.75, 3.05) is 6.61 Å². The number of carbonyl (C=O) groups is 1. The number of alkyl halides is 4. The summed E-state index contributed by atoms with van der Waals surface area (Å²) in [5.41, 5.74) is -1.59. The van der Waals surface area contributed by atoms with E-state index in [-0.39, 0.29) is 11.5 Å². The van der Waals surface area contributed by atoms with E-state index in [9.17, 15) is 13.2 Å². The molecule has 12 heteroatoms. The van der Waals surface area contributed by atoms with Gasteiger partial charge in [0.15, 0.2) is 0 Å². The summed E-state index contributed by atoms with van der Waals surface area (Å²) in [7, 11) is -4.30. The van der Waals surface area contributed by atoms with E-state index in [1.807, 2.05) is 0 Å². The molecule has 0 saturated carbocycles. The molecule has 2 rings (SSSR count). The van der Waals surface area contributed by atoms with Crippen LogP contribution in [0.2, 0.25) is 0 Å². The number of halogens is 6. The monoisotopic (exact) mass is 513 g/mol. The molecular formula is C15H13Cl6NO4S. The van der Waals surface area contributed by atoms with Gasteiger partial charge < -0.3 is 4.74 Å². The lowest BCUT2D eigenvalue weighted by atomic mass is 9.95. The molecule has 1 aromatic carbocycles. The van der Waals surface area contributed by atoms with Gasteiger partial charge in [-0.05, 0) is 26.0 Å². The van der Waals surface area contributed by atoms with Crippen LogP contribution in [0.5, 0.6) is 0 Å². The van der Waals surface area contributed by atoms with Crippen LogP contribution in [0.3, 0.4) is 0 Å². The molecule has 0 amide bonds. The molecule has 0 aliphatic heterocycles. The van der Waals surface area contributed by atoms with Gasteiger partial charge in [-0.2, -0.15) is 4.72 Å². The lowest BCUT2D eigenvalue weighted by molar-refractivity contribution is -0.120. The van der Waals surface area contributed by atoms with Crippen LogP contribution in [0.4, 0.5) is 0 Å². The zero-order valence-corrected chi connectivity index (χ0v) is 19.2. The number of ketones is 1. The van der Waals surface area contributed by atoms with Crippen LogP contribution in [-0.2, 0) is 19.6 Å². The normalized spacial score (nSPS) is 25.0. The minimum atomic E-state index is -4.30. The quantitative estimate of drug-likeness (QED) is 0.458. The summed E-state index contributed by atoms with van der Waals surface area (Å²) >= 11 is 36.8. The topological polar surface area (TPSA) is 72.5 Å². The van der Waals surface area contributed by atoms with Gasteiger partial charge in [-0.15, -0.1) is 0 Å². The van der Waals surface area contributed by atoms with Crippen molar-refractivity contribution in [1.29, 1.82) is 0 Å². The Morgan fingerprint density at radius 2 is 1.59 bits per heavy atom. The van der Waals surface area contributed by atoms with E-state index in [0.29, 0.717) is 0 Å². The fourth-order valence-corrected chi connectivity index (χ4v) is 5.66. The summed E-state index contributed by atoms with van der Waals surface area (Å²) in [5, 5.41) is -1.24. The molecule has 0 heterocycles. The fraction of sp³-hybridized carbons (Fsp3) is 0.400. The second-order valence-electron chi connectivity index (χ2n) is 5.64. The van der Waals surface area contributed by atoms with Gasteiger partial charge in [-0.3, -0.25) is 4.79 Å². The standard InChI is InChI=1S/C15H13Cl6NO4S/c1-3-26-14(22-27(24,25)9-6-4-8(2)5-7-9)11(17)10(16)12(23)13(18,19)15(14,20)21/h4-7,22H,3H2,1-2H3. The molecule has 0 saturated heterocycles. The van der Waals surface area contributed by atoms with Gasteiger partial charge in [0.25, 0.3) is 0 Å². The van der Waals surface area contributed by atoms with Crippen LogP contribution >= 0.6 is 69.6 Å². The third kappa shape index (κ3) is 3.74. The predicted octanol–water partition coefficient (Wildman–Crippen LogP) is 4.63. The largest absolute Gasteiger partial charge is 0.352 e. The minimum Gasteiger partial charge on any atom is -0.352 e. The molecule has 1 aliphatic carbocycles. The van der Waals surface area contributed by atoms with Crippen LogP contribution in [0.15, 0.2) is 39.2 Å². The van der Waals surface area contributed by atoms with E-state index in [4.69, 9.17) is 74.3 Å². The van der Waals surface area contributed by atoms with Crippen molar-refractivity contribution in [2.24, 2.45) is 0 Å². The molecule has 1 atom stereocenters. The Hall–Kier alpha value is 0.240. The number of hydrogen-bond donors (Lipinski definition) is 1. The van der Waals surface area contributed by atoms with Gasteiger partial charge in [0.05, 0.1) is 9.93 Å². The van der Waals surface area contributed by atoms with Crippen LogP contribution in [0.25, 0.3) is 0 Å². The van der Waals surface area contributed by atoms with E-state index in [0.717, 1.165) is 5.56 Å². The Balaban J connectivity index is 2.72. The molecule has 150 valence electrons. The number of rotatable bonds is 5. The average molecular weight is 516 g/mol. The number of allylic oxidation sites excluding steroid dienone is 1. The highest BCUT2D eigenvalue weighted by atomic mass is 35.5. The first-order chi connectivity index (χ1) is 12.2. The Morgan fingerprint density at radius 1 is 1.07 bits per heavy atom. The van der Waals surface area contributed by atoms with E-state index in [1.165, 1.54) is 19.1 Å². The molecule has 27 heavy (non-hydrogen) atoms. The Bertz CT molecular complexity index is 897. The van der Waals surface area contributed by atoms with Crippen LogP contribution in [0.1, 0.15) is 12.5 Å². The number of nitrogens with one attached hydrogen (secondary N) is 1. The van der Waals surface area contributed by atoms with Crippen molar-refractivity contribution in [3.63, 3.8) is 0 Å².